The topological polar surface area (TPSA) is 112 Å². The number of aromatic nitrogens is 4. The van der Waals surface area contributed by atoms with Crippen LogP contribution in [0.4, 0.5) is 17.3 Å². The number of rotatable bonds is 6. The molecule has 178 valence electrons. The van der Waals surface area contributed by atoms with Gasteiger partial charge in [-0.2, -0.15) is 10.4 Å². The number of nitriles is 1. The summed E-state index contributed by atoms with van der Waals surface area (Å²) in [7, 11) is 0. The highest BCUT2D eigenvalue weighted by atomic mass is 16.5. The van der Waals surface area contributed by atoms with Crippen LogP contribution in [0.3, 0.4) is 0 Å². The summed E-state index contributed by atoms with van der Waals surface area (Å²) in [6.07, 6.45) is 4.18. The van der Waals surface area contributed by atoms with Gasteiger partial charge >= 0.3 is 0 Å². The predicted octanol–water partition coefficient (Wildman–Crippen LogP) is 4.11. The number of hydrogen-bond donors (Lipinski definition) is 2. The Morgan fingerprint density at radius 2 is 2.17 bits per heavy atom. The smallest absolute Gasteiger partial charge is 0.261 e. The lowest BCUT2D eigenvalue weighted by molar-refractivity contribution is 0.0986. The maximum Gasteiger partial charge on any atom is 0.261 e. The fourth-order valence-electron chi connectivity index (χ4n) is 5.02. The van der Waals surface area contributed by atoms with Gasteiger partial charge in [0.2, 0.25) is 0 Å². The lowest BCUT2D eigenvalue weighted by Gasteiger charge is -2.34. The van der Waals surface area contributed by atoms with E-state index in [1.54, 1.807) is 6.20 Å². The number of nitrogens with zero attached hydrogens (tertiary/aromatic N) is 5. The minimum absolute atomic E-state index is 0.0262. The number of ether oxygens (including phenoxy) is 1. The van der Waals surface area contributed by atoms with E-state index in [0.29, 0.717) is 36.8 Å². The Labute approximate surface area is 202 Å². The van der Waals surface area contributed by atoms with Crippen molar-refractivity contribution in [1.29, 1.82) is 5.26 Å². The molecule has 4 heterocycles. The normalized spacial score (nSPS) is 19.1. The predicted molar refractivity (Wildman–Crippen MR) is 135 cm³/mol. The van der Waals surface area contributed by atoms with Crippen LogP contribution in [-0.4, -0.2) is 45.5 Å². The second-order valence-corrected chi connectivity index (χ2v) is 9.45. The summed E-state index contributed by atoms with van der Waals surface area (Å²) in [6.45, 7) is 4.39. The number of pyridine rings is 2. The third kappa shape index (κ3) is 4.00. The first kappa shape index (κ1) is 21.6. The SMILES string of the molecule is C[C@@H]1COCCN1c1ccc2cc(Nc3nn([C@@H](CC#N)C4CC4)c4cc[nH]c(=O)c34)ccc2n1. The molecule has 0 spiro atoms. The van der Waals surface area contributed by atoms with E-state index >= 15 is 0 Å². The zero-order chi connectivity index (χ0) is 23.9. The molecule has 9 nitrogen and oxygen atoms in total. The molecule has 2 N–H and O–H groups in total. The molecular weight excluding hydrogens is 442 g/mol. The molecule has 1 saturated heterocycles. The van der Waals surface area contributed by atoms with Gasteiger partial charge in [-0.05, 0) is 62.1 Å². The lowest BCUT2D eigenvalue weighted by Crippen LogP contribution is -2.44. The molecule has 0 unspecified atom stereocenters. The monoisotopic (exact) mass is 469 g/mol. The molecule has 6 rings (SSSR count). The number of fused-ring (bicyclic) bond motifs is 2. The molecular formula is C26H27N7O2. The van der Waals surface area contributed by atoms with Gasteiger partial charge in [-0.15, -0.1) is 0 Å². The van der Waals surface area contributed by atoms with Crippen LogP contribution in [0.1, 0.15) is 32.2 Å². The molecule has 1 aliphatic carbocycles. The average molecular weight is 470 g/mol. The van der Waals surface area contributed by atoms with E-state index in [1.807, 2.05) is 35.0 Å². The Bertz CT molecular complexity index is 1500. The van der Waals surface area contributed by atoms with Crippen molar-refractivity contribution in [3.63, 3.8) is 0 Å². The van der Waals surface area contributed by atoms with E-state index in [2.05, 4.69) is 34.3 Å². The third-order valence-electron chi connectivity index (χ3n) is 7.01. The van der Waals surface area contributed by atoms with Crippen LogP contribution in [0.5, 0.6) is 0 Å². The van der Waals surface area contributed by atoms with E-state index < -0.39 is 0 Å². The maximum absolute atomic E-state index is 12.8. The fourth-order valence-corrected chi connectivity index (χ4v) is 5.02. The van der Waals surface area contributed by atoms with Gasteiger partial charge in [-0.1, -0.05) is 0 Å². The Morgan fingerprint density at radius 3 is 2.97 bits per heavy atom. The molecule has 2 aliphatic rings. The van der Waals surface area contributed by atoms with Crippen LogP contribution in [-0.2, 0) is 4.74 Å². The second-order valence-electron chi connectivity index (χ2n) is 9.45. The second kappa shape index (κ2) is 8.71. The highest BCUT2D eigenvalue weighted by Gasteiger charge is 2.34. The van der Waals surface area contributed by atoms with Crippen LogP contribution in [0.2, 0.25) is 0 Å². The summed E-state index contributed by atoms with van der Waals surface area (Å²) in [6, 6.07) is 14.5. The number of anilines is 3. The van der Waals surface area contributed by atoms with E-state index in [1.165, 1.54) is 0 Å². The first-order valence-electron chi connectivity index (χ1n) is 12.1. The molecule has 35 heavy (non-hydrogen) atoms. The Kier molecular flexibility index (Phi) is 5.38. The van der Waals surface area contributed by atoms with Crippen LogP contribution >= 0.6 is 0 Å². The molecule has 4 aromatic rings. The number of hydrogen-bond acceptors (Lipinski definition) is 7. The van der Waals surface area contributed by atoms with Crippen LogP contribution in [0.15, 0.2) is 47.4 Å². The number of aromatic amines is 1. The third-order valence-corrected chi connectivity index (χ3v) is 7.01. The fraction of sp³-hybridized carbons (Fsp3) is 0.385. The van der Waals surface area contributed by atoms with Gasteiger partial charge in [0.25, 0.3) is 5.56 Å². The lowest BCUT2D eigenvalue weighted by atomic mass is 10.1. The van der Waals surface area contributed by atoms with E-state index in [9.17, 15) is 10.1 Å². The summed E-state index contributed by atoms with van der Waals surface area (Å²) in [5.41, 5.74) is 2.28. The van der Waals surface area contributed by atoms with Crippen molar-refractivity contribution in [2.45, 2.75) is 38.3 Å². The molecule has 1 saturated carbocycles. The molecule has 0 amide bonds. The van der Waals surface area contributed by atoms with Gasteiger partial charge in [0.15, 0.2) is 5.82 Å². The van der Waals surface area contributed by atoms with Gasteiger partial charge in [-0.3, -0.25) is 9.48 Å². The molecule has 1 aliphatic heterocycles. The molecule has 0 bridgehead atoms. The van der Waals surface area contributed by atoms with Crippen molar-refractivity contribution in [3.05, 3.63) is 52.9 Å². The van der Waals surface area contributed by atoms with Crippen molar-refractivity contribution in [2.24, 2.45) is 5.92 Å². The van der Waals surface area contributed by atoms with Gasteiger partial charge in [-0.25, -0.2) is 4.98 Å². The van der Waals surface area contributed by atoms with Gasteiger partial charge in [0.1, 0.15) is 11.2 Å². The standard InChI is InChI=1S/C26H27N7O2/c1-16-15-35-13-12-32(16)23-7-4-18-14-19(5-6-20(18)30-23)29-25-24-22(9-11-28-26(24)34)33(31-25)21(8-10-27)17-2-3-17/h4-7,9,11,14,16-17,21H,2-3,8,12-13,15H2,1H3,(H,28,34)(H,29,31)/t16-,21+/m1/s1. The minimum Gasteiger partial charge on any atom is -0.377 e. The Hall–Kier alpha value is -3.90. The summed E-state index contributed by atoms with van der Waals surface area (Å²) >= 11 is 0. The highest BCUT2D eigenvalue weighted by Crippen LogP contribution is 2.43. The van der Waals surface area contributed by atoms with Crippen molar-refractivity contribution < 1.29 is 4.74 Å². The first-order chi connectivity index (χ1) is 17.1. The van der Waals surface area contributed by atoms with Crippen molar-refractivity contribution in [1.82, 2.24) is 19.7 Å². The van der Waals surface area contributed by atoms with Crippen molar-refractivity contribution >= 4 is 39.1 Å². The minimum atomic E-state index is -0.200. The van der Waals surface area contributed by atoms with Crippen molar-refractivity contribution in [3.8, 4) is 6.07 Å². The summed E-state index contributed by atoms with van der Waals surface area (Å²) < 4.78 is 7.42. The van der Waals surface area contributed by atoms with Gasteiger partial charge in [0, 0.05) is 23.8 Å². The quantitative estimate of drug-likeness (QED) is 0.437. The maximum atomic E-state index is 12.8. The zero-order valence-electron chi connectivity index (χ0n) is 19.6. The summed E-state index contributed by atoms with van der Waals surface area (Å²) in [4.78, 5) is 22.7. The first-order valence-corrected chi connectivity index (χ1v) is 12.1. The molecule has 2 fully saturated rings. The number of H-pyrrole nitrogens is 1. The van der Waals surface area contributed by atoms with Crippen LogP contribution in [0.25, 0.3) is 21.8 Å². The van der Waals surface area contributed by atoms with E-state index in [0.717, 1.165) is 47.3 Å². The number of nitrogens with one attached hydrogen (secondary N) is 2. The molecule has 9 heteroatoms. The van der Waals surface area contributed by atoms with Crippen molar-refractivity contribution in [2.75, 3.05) is 30.0 Å². The molecule has 0 radical (unpaired) electrons. The van der Waals surface area contributed by atoms with Gasteiger partial charge < -0.3 is 19.9 Å². The Balaban J connectivity index is 1.34. The molecule has 2 atom stereocenters. The van der Waals surface area contributed by atoms with E-state index in [4.69, 9.17) is 14.8 Å². The largest absolute Gasteiger partial charge is 0.377 e. The summed E-state index contributed by atoms with van der Waals surface area (Å²) in [5.74, 6) is 1.88. The Morgan fingerprint density at radius 1 is 1.29 bits per heavy atom. The number of benzene rings is 1. The van der Waals surface area contributed by atoms with Crippen LogP contribution in [0, 0.1) is 17.2 Å². The summed E-state index contributed by atoms with van der Waals surface area (Å²) in [5, 5.41) is 19.0. The molecule has 3 aromatic heterocycles. The number of morpholine rings is 1. The van der Waals surface area contributed by atoms with Crippen LogP contribution < -0.4 is 15.8 Å². The zero-order valence-corrected chi connectivity index (χ0v) is 19.6. The van der Waals surface area contributed by atoms with E-state index in [-0.39, 0.29) is 17.6 Å². The average Bonchev–Trinajstić information content (AvgIpc) is 3.65. The molecule has 1 aromatic carbocycles. The van der Waals surface area contributed by atoms with Gasteiger partial charge in [0.05, 0.1) is 48.8 Å². The highest BCUT2D eigenvalue weighted by molar-refractivity contribution is 5.92.